The van der Waals surface area contributed by atoms with Crippen molar-refractivity contribution < 1.29 is 9.18 Å². The third-order valence-corrected chi connectivity index (χ3v) is 2.88. The Labute approximate surface area is 128 Å². The standard InChI is InChI=1S/C15H18FN5O/c1-21(2)8-7-17-14(22)11-9-18-15(19-10-11)20-13-6-4-3-5-12(13)16/h3-6,9-10H,7-8H2,1-2H3,(H,17,22)(H,18,19,20). The Morgan fingerprint density at radius 1 is 1.23 bits per heavy atom. The highest BCUT2D eigenvalue weighted by Crippen LogP contribution is 2.16. The molecule has 0 radical (unpaired) electrons. The van der Waals surface area contributed by atoms with E-state index in [9.17, 15) is 9.18 Å². The van der Waals surface area contributed by atoms with E-state index in [1.807, 2.05) is 19.0 Å². The first-order valence-electron chi connectivity index (χ1n) is 6.83. The molecule has 6 nitrogen and oxygen atoms in total. The molecule has 0 bridgehead atoms. The van der Waals surface area contributed by atoms with Crippen molar-refractivity contribution in [2.45, 2.75) is 0 Å². The Balaban J connectivity index is 1.95. The van der Waals surface area contributed by atoms with Crippen LogP contribution >= 0.6 is 0 Å². The van der Waals surface area contributed by atoms with Crippen LogP contribution in [0.4, 0.5) is 16.0 Å². The van der Waals surface area contributed by atoms with Gasteiger partial charge in [-0.3, -0.25) is 4.79 Å². The number of rotatable bonds is 6. The van der Waals surface area contributed by atoms with Crippen LogP contribution < -0.4 is 10.6 Å². The van der Waals surface area contributed by atoms with E-state index in [1.165, 1.54) is 18.5 Å². The Bertz CT molecular complexity index is 630. The molecule has 0 atom stereocenters. The molecule has 0 fully saturated rings. The van der Waals surface area contributed by atoms with Gasteiger partial charge in [0.05, 0.1) is 11.3 Å². The van der Waals surface area contributed by atoms with Gasteiger partial charge in [0.25, 0.3) is 5.91 Å². The zero-order chi connectivity index (χ0) is 15.9. The molecular formula is C15H18FN5O. The van der Waals surface area contributed by atoms with Gasteiger partial charge in [0.15, 0.2) is 0 Å². The Morgan fingerprint density at radius 3 is 2.55 bits per heavy atom. The van der Waals surface area contributed by atoms with E-state index >= 15 is 0 Å². The molecular weight excluding hydrogens is 285 g/mol. The summed E-state index contributed by atoms with van der Waals surface area (Å²) < 4.78 is 13.5. The van der Waals surface area contributed by atoms with Gasteiger partial charge >= 0.3 is 0 Å². The van der Waals surface area contributed by atoms with Crippen molar-refractivity contribution in [2.75, 3.05) is 32.5 Å². The highest BCUT2D eigenvalue weighted by molar-refractivity contribution is 5.93. The predicted octanol–water partition coefficient (Wildman–Crippen LogP) is 1.65. The number of aromatic nitrogens is 2. The van der Waals surface area contributed by atoms with Crippen molar-refractivity contribution in [3.63, 3.8) is 0 Å². The first-order chi connectivity index (χ1) is 10.6. The van der Waals surface area contributed by atoms with Gasteiger partial charge in [-0.25, -0.2) is 14.4 Å². The summed E-state index contributed by atoms with van der Waals surface area (Å²) in [4.78, 5) is 21.9. The summed E-state index contributed by atoms with van der Waals surface area (Å²) in [7, 11) is 3.86. The van der Waals surface area contributed by atoms with E-state index in [1.54, 1.807) is 18.2 Å². The smallest absolute Gasteiger partial charge is 0.254 e. The predicted molar refractivity (Wildman–Crippen MR) is 82.6 cm³/mol. The highest BCUT2D eigenvalue weighted by Gasteiger charge is 2.08. The average molecular weight is 303 g/mol. The third kappa shape index (κ3) is 4.49. The van der Waals surface area contributed by atoms with E-state index in [2.05, 4.69) is 20.6 Å². The molecule has 2 N–H and O–H groups in total. The zero-order valence-corrected chi connectivity index (χ0v) is 12.5. The largest absolute Gasteiger partial charge is 0.351 e. The van der Waals surface area contributed by atoms with E-state index in [-0.39, 0.29) is 17.5 Å². The second-order valence-corrected chi connectivity index (χ2v) is 4.96. The molecule has 7 heteroatoms. The van der Waals surface area contributed by atoms with Crippen molar-refractivity contribution >= 4 is 17.5 Å². The normalized spacial score (nSPS) is 10.5. The summed E-state index contributed by atoms with van der Waals surface area (Å²) >= 11 is 0. The monoisotopic (exact) mass is 303 g/mol. The van der Waals surface area contributed by atoms with Crippen LogP contribution in [0, 0.1) is 5.82 Å². The number of hydrogen-bond donors (Lipinski definition) is 2. The summed E-state index contributed by atoms with van der Waals surface area (Å²) in [5, 5.41) is 5.53. The molecule has 2 rings (SSSR count). The first kappa shape index (κ1) is 15.8. The molecule has 0 aliphatic rings. The fourth-order valence-electron chi connectivity index (χ4n) is 1.69. The number of nitrogens with zero attached hydrogens (tertiary/aromatic N) is 3. The molecule has 1 aromatic carbocycles. The molecule has 1 aromatic heterocycles. The number of amides is 1. The summed E-state index contributed by atoms with van der Waals surface area (Å²) in [6.45, 7) is 1.29. The molecule has 0 aliphatic carbocycles. The van der Waals surface area contributed by atoms with E-state index < -0.39 is 5.82 Å². The van der Waals surface area contributed by atoms with Gasteiger partial charge in [0.2, 0.25) is 5.95 Å². The number of para-hydroxylation sites is 1. The van der Waals surface area contributed by atoms with Crippen molar-refractivity contribution in [1.29, 1.82) is 0 Å². The minimum atomic E-state index is -0.392. The van der Waals surface area contributed by atoms with E-state index in [4.69, 9.17) is 0 Å². The second-order valence-electron chi connectivity index (χ2n) is 4.96. The van der Waals surface area contributed by atoms with Gasteiger partial charge in [0.1, 0.15) is 5.82 Å². The number of nitrogens with one attached hydrogen (secondary N) is 2. The Hall–Kier alpha value is -2.54. The van der Waals surface area contributed by atoms with Crippen LogP contribution in [0.15, 0.2) is 36.7 Å². The van der Waals surface area contributed by atoms with Crippen molar-refractivity contribution in [1.82, 2.24) is 20.2 Å². The molecule has 0 spiro atoms. The topological polar surface area (TPSA) is 70.2 Å². The summed E-state index contributed by atoms with van der Waals surface area (Å²) in [6.07, 6.45) is 2.81. The van der Waals surface area contributed by atoms with Gasteiger partial charge in [0, 0.05) is 25.5 Å². The molecule has 1 heterocycles. The lowest BCUT2D eigenvalue weighted by molar-refractivity contribution is 0.0950. The SMILES string of the molecule is CN(C)CCNC(=O)c1cnc(Nc2ccccc2F)nc1. The minimum Gasteiger partial charge on any atom is -0.351 e. The molecule has 22 heavy (non-hydrogen) atoms. The fraction of sp³-hybridized carbons (Fsp3) is 0.267. The van der Waals surface area contributed by atoms with E-state index in [0.717, 1.165) is 6.54 Å². The van der Waals surface area contributed by atoms with Gasteiger partial charge < -0.3 is 15.5 Å². The molecule has 1 amide bonds. The fourth-order valence-corrected chi connectivity index (χ4v) is 1.69. The van der Waals surface area contributed by atoms with Gasteiger partial charge in [-0.1, -0.05) is 12.1 Å². The number of hydrogen-bond acceptors (Lipinski definition) is 5. The lowest BCUT2D eigenvalue weighted by Crippen LogP contribution is -2.31. The van der Waals surface area contributed by atoms with E-state index in [0.29, 0.717) is 12.1 Å². The quantitative estimate of drug-likeness (QED) is 0.849. The molecule has 116 valence electrons. The van der Waals surface area contributed by atoms with Crippen LogP contribution in [0.5, 0.6) is 0 Å². The summed E-state index contributed by atoms with van der Waals surface area (Å²) in [6, 6.07) is 6.23. The Kier molecular flexibility index (Phi) is 5.37. The highest BCUT2D eigenvalue weighted by atomic mass is 19.1. The van der Waals surface area contributed by atoms with Crippen LogP contribution in [-0.2, 0) is 0 Å². The molecule has 0 saturated heterocycles. The van der Waals surface area contributed by atoms with Gasteiger partial charge in [-0.05, 0) is 26.2 Å². The number of benzene rings is 1. The molecule has 0 aliphatic heterocycles. The lowest BCUT2D eigenvalue weighted by atomic mass is 10.3. The average Bonchev–Trinajstić information content (AvgIpc) is 2.50. The zero-order valence-electron chi connectivity index (χ0n) is 12.5. The van der Waals surface area contributed by atoms with Crippen molar-refractivity contribution in [3.05, 3.63) is 48.0 Å². The van der Waals surface area contributed by atoms with Crippen LogP contribution in [-0.4, -0.2) is 48.0 Å². The summed E-state index contributed by atoms with van der Waals surface area (Å²) in [5.74, 6) is -0.397. The number of carbonyl (C=O) groups excluding carboxylic acids is 1. The van der Waals surface area contributed by atoms with Crippen LogP contribution in [0.25, 0.3) is 0 Å². The number of halogens is 1. The maximum absolute atomic E-state index is 13.5. The van der Waals surface area contributed by atoms with Crippen LogP contribution in [0.3, 0.4) is 0 Å². The maximum Gasteiger partial charge on any atom is 0.254 e. The molecule has 0 saturated carbocycles. The minimum absolute atomic E-state index is 0.231. The van der Waals surface area contributed by atoms with Crippen LogP contribution in [0.1, 0.15) is 10.4 Å². The maximum atomic E-state index is 13.5. The molecule has 2 aromatic rings. The van der Waals surface area contributed by atoms with Crippen molar-refractivity contribution in [3.8, 4) is 0 Å². The van der Waals surface area contributed by atoms with Crippen molar-refractivity contribution in [2.24, 2.45) is 0 Å². The number of carbonyl (C=O) groups is 1. The lowest BCUT2D eigenvalue weighted by Gasteiger charge is -2.10. The van der Waals surface area contributed by atoms with Gasteiger partial charge in [-0.2, -0.15) is 0 Å². The second kappa shape index (κ2) is 7.46. The number of anilines is 2. The Morgan fingerprint density at radius 2 is 1.91 bits per heavy atom. The number of likely N-dealkylation sites (N-methyl/N-ethyl adjacent to an activating group) is 1. The first-order valence-corrected chi connectivity index (χ1v) is 6.83. The van der Waals surface area contributed by atoms with Crippen LogP contribution in [0.2, 0.25) is 0 Å². The summed E-state index contributed by atoms with van der Waals surface area (Å²) in [5.41, 5.74) is 0.642. The van der Waals surface area contributed by atoms with Gasteiger partial charge in [-0.15, -0.1) is 0 Å². The third-order valence-electron chi connectivity index (χ3n) is 2.88. The molecule has 0 unspecified atom stereocenters.